The van der Waals surface area contributed by atoms with Crippen molar-refractivity contribution in [3.05, 3.63) is 35.4 Å². The van der Waals surface area contributed by atoms with E-state index in [0.717, 1.165) is 11.1 Å². The lowest BCUT2D eigenvalue weighted by molar-refractivity contribution is 0.0597. The Morgan fingerprint density at radius 1 is 0.667 bits per heavy atom. The molecule has 1 rings (SSSR count). The topological polar surface area (TPSA) is 40.5 Å². The summed E-state index contributed by atoms with van der Waals surface area (Å²) < 4.78 is 0. The zero-order valence-corrected chi connectivity index (χ0v) is 12.4. The van der Waals surface area contributed by atoms with Gasteiger partial charge in [-0.25, -0.2) is 0 Å². The van der Waals surface area contributed by atoms with Crippen LogP contribution in [0.3, 0.4) is 0 Å². The molecule has 0 unspecified atom stereocenters. The molecule has 18 heavy (non-hydrogen) atoms. The van der Waals surface area contributed by atoms with Crippen molar-refractivity contribution in [1.82, 2.24) is 0 Å². The highest BCUT2D eigenvalue weighted by Crippen LogP contribution is 2.35. The maximum Gasteiger partial charge on any atom is 0.0838 e. The van der Waals surface area contributed by atoms with Crippen molar-refractivity contribution in [1.29, 1.82) is 0 Å². The molecule has 0 saturated heterocycles. The van der Waals surface area contributed by atoms with Crippen LogP contribution < -0.4 is 0 Å². The first kappa shape index (κ1) is 15.2. The van der Waals surface area contributed by atoms with Crippen LogP contribution in [-0.2, 0) is 0 Å². The van der Waals surface area contributed by atoms with Crippen LogP contribution in [0.4, 0.5) is 0 Å². The molecule has 0 heterocycles. The van der Waals surface area contributed by atoms with Crippen molar-refractivity contribution in [2.45, 2.75) is 53.8 Å². The summed E-state index contributed by atoms with van der Waals surface area (Å²) in [5, 5.41) is 20.4. The molecule has 2 heteroatoms. The summed E-state index contributed by atoms with van der Waals surface area (Å²) in [7, 11) is 0. The molecule has 0 radical (unpaired) electrons. The molecule has 0 aliphatic rings. The largest absolute Gasteiger partial charge is 0.388 e. The highest BCUT2D eigenvalue weighted by Gasteiger charge is 2.26. The van der Waals surface area contributed by atoms with Crippen molar-refractivity contribution >= 4 is 0 Å². The highest BCUT2D eigenvalue weighted by atomic mass is 16.3. The Bertz CT molecular complexity index is 340. The Kier molecular flexibility index (Phi) is 4.24. The van der Waals surface area contributed by atoms with Gasteiger partial charge in [0, 0.05) is 0 Å². The molecule has 0 aromatic heterocycles. The lowest BCUT2D eigenvalue weighted by Crippen LogP contribution is -2.19. The number of hydrogen-bond acceptors (Lipinski definition) is 2. The number of rotatable bonds is 2. The second kappa shape index (κ2) is 5.02. The zero-order chi connectivity index (χ0) is 14.1. The summed E-state index contributed by atoms with van der Waals surface area (Å²) in [6, 6.07) is 7.61. The molecule has 0 bridgehead atoms. The van der Waals surface area contributed by atoms with Crippen molar-refractivity contribution in [3.8, 4) is 0 Å². The van der Waals surface area contributed by atoms with Crippen molar-refractivity contribution in [2.24, 2.45) is 10.8 Å². The van der Waals surface area contributed by atoms with Crippen LogP contribution in [-0.4, -0.2) is 10.2 Å². The van der Waals surface area contributed by atoms with Gasteiger partial charge in [0.2, 0.25) is 0 Å². The maximum absolute atomic E-state index is 10.2. The number of benzene rings is 1. The summed E-state index contributed by atoms with van der Waals surface area (Å²) in [6.45, 7) is 12.1. The van der Waals surface area contributed by atoms with Gasteiger partial charge in [0.05, 0.1) is 12.2 Å². The average Bonchev–Trinajstić information content (AvgIpc) is 2.25. The van der Waals surface area contributed by atoms with Crippen LogP contribution in [0.5, 0.6) is 0 Å². The zero-order valence-electron chi connectivity index (χ0n) is 12.4. The van der Waals surface area contributed by atoms with Gasteiger partial charge in [-0.05, 0) is 22.0 Å². The standard InChI is InChI=1S/C16H26O2/c1-15(2,3)13(17)11-7-9-12(10-8-11)14(18)16(4,5)6/h7-10,13-14,17-18H,1-6H3/t13-,14-/m0/s1. The van der Waals surface area contributed by atoms with Gasteiger partial charge in [0.1, 0.15) is 0 Å². The van der Waals surface area contributed by atoms with Gasteiger partial charge in [0.25, 0.3) is 0 Å². The van der Waals surface area contributed by atoms with Gasteiger partial charge in [-0.3, -0.25) is 0 Å². The second-order valence-corrected chi connectivity index (χ2v) is 7.20. The minimum absolute atomic E-state index is 0.176. The van der Waals surface area contributed by atoms with E-state index < -0.39 is 12.2 Å². The van der Waals surface area contributed by atoms with E-state index in [4.69, 9.17) is 0 Å². The van der Waals surface area contributed by atoms with E-state index in [9.17, 15) is 10.2 Å². The third-order valence-electron chi connectivity index (χ3n) is 3.21. The third kappa shape index (κ3) is 3.56. The summed E-state index contributed by atoms with van der Waals surface area (Å²) in [4.78, 5) is 0. The molecule has 0 saturated carbocycles. The lowest BCUT2D eigenvalue weighted by Gasteiger charge is -2.28. The van der Waals surface area contributed by atoms with Gasteiger partial charge in [0.15, 0.2) is 0 Å². The molecule has 1 aromatic carbocycles. The predicted octanol–water partition coefficient (Wildman–Crippen LogP) is 3.85. The SMILES string of the molecule is CC(C)(C)[C@@H](O)c1ccc([C@H](O)C(C)(C)C)cc1. The Balaban J connectivity index is 2.94. The Labute approximate surface area is 111 Å². The van der Waals surface area contributed by atoms with E-state index in [2.05, 4.69) is 0 Å². The number of aliphatic hydroxyl groups is 2. The fourth-order valence-electron chi connectivity index (χ4n) is 1.86. The fourth-order valence-corrected chi connectivity index (χ4v) is 1.86. The summed E-state index contributed by atoms with van der Waals surface area (Å²) in [5.41, 5.74) is 1.44. The van der Waals surface area contributed by atoms with Crippen molar-refractivity contribution < 1.29 is 10.2 Å². The van der Waals surface area contributed by atoms with Crippen LogP contribution in [0.25, 0.3) is 0 Å². The lowest BCUT2D eigenvalue weighted by atomic mass is 9.82. The van der Waals surface area contributed by atoms with E-state index in [1.165, 1.54) is 0 Å². The Morgan fingerprint density at radius 2 is 0.889 bits per heavy atom. The van der Waals surface area contributed by atoms with Gasteiger partial charge >= 0.3 is 0 Å². The van der Waals surface area contributed by atoms with Gasteiger partial charge in [-0.15, -0.1) is 0 Å². The van der Waals surface area contributed by atoms with E-state index in [-0.39, 0.29) is 10.8 Å². The second-order valence-electron chi connectivity index (χ2n) is 7.20. The first-order valence-corrected chi connectivity index (χ1v) is 6.49. The molecular formula is C16H26O2. The Hall–Kier alpha value is -0.860. The van der Waals surface area contributed by atoms with Crippen LogP contribution in [0.15, 0.2) is 24.3 Å². The molecule has 0 aliphatic heterocycles. The fraction of sp³-hybridized carbons (Fsp3) is 0.625. The molecule has 0 spiro atoms. The molecule has 0 aliphatic carbocycles. The third-order valence-corrected chi connectivity index (χ3v) is 3.21. The highest BCUT2D eigenvalue weighted by molar-refractivity contribution is 5.27. The predicted molar refractivity (Wildman–Crippen MR) is 75.3 cm³/mol. The van der Waals surface area contributed by atoms with E-state index >= 15 is 0 Å². The number of aliphatic hydroxyl groups excluding tert-OH is 2. The van der Waals surface area contributed by atoms with Gasteiger partial charge in [-0.1, -0.05) is 65.8 Å². The minimum atomic E-state index is -0.488. The van der Waals surface area contributed by atoms with Crippen LogP contribution in [0, 0.1) is 10.8 Å². The average molecular weight is 250 g/mol. The molecule has 102 valence electrons. The molecule has 1 aromatic rings. The molecule has 2 N–H and O–H groups in total. The Morgan fingerprint density at radius 3 is 1.06 bits per heavy atom. The van der Waals surface area contributed by atoms with Gasteiger partial charge < -0.3 is 10.2 Å². The van der Waals surface area contributed by atoms with Crippen molar-refractivity contribution in [2.75, 3.05) is 0 Å². The molecule has 0 amide bonds. The van der Waals surface area contributed by atoms with E-state index in [1.807, 2.05) is 65.8 Å². The smallest absolute Gasteiger partial charge is 0.0838 e. The first-order valence-electron chi connectivity index (χ1n) is 6.49. The maximum atomic E-state index is 10.2. The summed E-state index contributed by atoms with van der Waals surface area (Å²) in [6.07, 6.45) is -0.975. The molecule has 2 nitrogen and oxygen atoms in total. The quantitative estimate of drug-likeness (QED) is 0.837. The molecule has 2 atom stereocenters. The first-order chi connectivity index (χ1) is 8.03. The minimum Gasteiger partial charge on any atom is -0.388 e. The molecule has 0 fully saturated rings. The number of hydrogen-bond donors (Lipinski definition) is 2. The van der Waals surface area contributed by atoms with E-state index in [0.29, 0.717) is 0 Å². The van der Waals surface area contributed by atoms with Crippen LogP contribution >= 0.6 is 0 Å². The normalized spacial score (nSPS) is 16.4. The van der Waals surface area contributed by atoms with Gasteiger partial charge in [-0.2, -0.15) is 0 Å². The van der Waals surface area contributed by atoms with Crippen LogP contribution in [0.2, 0.25) is 0 Å². The van der Waals surface area contributed by atoms with Crippen molar-refractivity contribution in [3.63, 3.8) is 0 Å². The molecular weight excluding hydrogens is 224 g/mol. The summed E-state index contributed by atoms with van der Waals surface area (Å²) >= 11 is 0. The van der Waals surface area contributed by atoms with E-state index in [1.54, 1.807) is 0 Å². The van der Waals surface area contributed by atoms with Crippen LogP contribution in [0.1, 0.15) is 64.9 Å². The monoisotopic (exact) mass is 250 g/mol. The summed E-state index contributed by atoms with van der Waals surface area (Å²) in [5.74, 6) is 0.